The van der Waals surface area contributed by atoms with E-state index < -0.39 is 0 Å². The van der Waals surface area contributed by atoms with Crippen LogP contribution in [0.4, 0.5) is 0 Å². The average Bonchev–Trinajstić information content (AvgIpc) is 3.62. The Morgan fingerprint density at radius 1 is 0.211 bits per heavy atom. The van der Waals surface area contributed by atoms with E-state index in [0.29, 0.717) is 0 Å². The SMILES string of the molecule is c1ccc(-c2ccc(-n3c4cc(-c5ccccc5)ccc4c4ccc(-c5ccc(-c6ccc7cc(-c8ccc9ccccc9c8)ccc7c6)cc5)cc43)cc2)cc1. The van der Waals surface area contributed by atoms with E-state index in [1.807, 2.05) is 0 Å². The fourth-order valence-electron chi connectivity index (χ4n) is 8.55. The zero-order valence-corrected chi connectivity index (χ0v) is 31.3. The van der Waals surface area contributed by atoms with Gasteiger partial charge in [-0.05, 0) is 120 Å². The fourth-order valence-corrected chi connectivity index (χ4v) is 8.55. The second kappa shape index (κ2) is 13.7. The summed E-state index contributed by atoms with van der Waals surface area (Å²) < 4.78 is 2.43. The number of benzene rings is 10. The first kappa shape index (κ1) is 32.9. The highest BCUT2D eigenvalue weighted by atomic mass is 15.0. The summed E-state index contributed by atoms with van der Waals surface area (Å²) in [5.74, 6) is 0. The van der Waals surface area contributed by atoms with Crippen LogP contribution in [-0.4, -0.2) is 4.57 Å². The Labute approximate surface area is 332 Å². The number of fused-ring (bicyclic) bond motifs is 5. The molecule has 57 heavy (non-hydrogen) atoms. The van der Waals surface area contributed by atoms with Gasteiger partial charge < -0.3 is 4.57 Å². The Bertz CT molecular complexity index is 3240. The van der Waals surface area contributed by atoms with Crippen molar-refractivity contribution in [2.75, 3.05) is 0 Å². The summed E-state index contributed by atoms with van der Waals surface area (Å²) in [4.78, 5) is 0. The molecule has 0 atom stereocenters. The van der Waals surface area contributed by atoms with Gasteiger partial charge in [0.15, 0.2) is 0 Å². The van der Waals surface area contributed by atoms with E-state index in [-0.39, 0.29) is 0 Å². The molecule has 0 aliphatic rings. The highest BCUT2D eigenvalue weighted by molar-refractivity contribution is 6.11. The molecule has 0 fully saturated rings. The number of aromatic nitrogens is 1. The van der Waals surface area contributed by atoms with Crippen molar-refractivity contribution in [2.24, 2.45) is 0 Å². The number of rotatable bonds is 6. The van der Waals surface area contributed by atoms with Crippen LogP contribution in [0.1, 0.15) is 0 Å². The van der Waals surface area contributed by atoms with E-state index in [4.69, 9.17) is 0 Å². The van der Waals surface area contributed by atoms with Crippen LogP contribution in [-0.2, 0) is 0 Å². The van der Waals surface area contributed by atoms with Gasteiger partial charge in [-0.15, -0.1) is 0 Å². The zero-order chi connectivity index (χ0) is 37.7. The maximum absolute atomic E-state index is 2.43. The second-order valence-electron chi connectivity index (χ2n) is 15.0. The van der Waals surface area contributed by atoms with Crippen LogP contribution in [0, 0.1) is 0 Å². The smallest absolute Gasteiger partial charge is 0.0547 e. The van der Waals surface area contributed by atoms with Gasteiger partial charge in [-0.3, -0.25) is 0 Å². The van der Waals surface area contributed by atoms with Crippen LogP contribution in [0.5, 0.6) is 0 Å². The minimum absolute atomic E-state index is 1.15. The average molecular weight is 724 g/mol. The van der Waals surface area contributed by atoms with Crippen molar-refractivity contribution in [3.05, 3.63) is 224 Å². The maximum Gasteiger partial charge on any atom is 0.0547 e. The predicted molar refractivity (Wildman–Crippen MR) is 243 cm³/mol. The summed E-state index contributed by atoms with van der Waals surface area (Å²) in [6, 6.07) is 82.0. The first-order chi connectivity index (χ1) is 28.2. The molecule has 10 aromatic carbocycles. The lowest BCUT2D eigenvalue weighted by Gasteiger charge is -2.11. The number of hydrogen-bond acceptors (Lipinski definition) is 0. The van der Waals surface area contributed by atoms with Crippen molar-refractivity contribution in [1.29, 1.82) is 0 Å². The molecule has 0 bridgehead atoms. The maximum atomic E-state index is 2.43. The highest BCUT2D eigenvalue weighted by Crippen LogP contribution is 2.38. The lowest BCUT2D eigenvalue weighted by molar-refractivity contribution is 1.18. The Morgan fingerprint density at radius 3 is 1.05 bits per heavy atom. The highest BCUT2D eigenvalue weighted by Gasteiger charge is 2.15. The molecule has 0 radical (unpaired) electrons. The Morgan fingerprint density at radius 2 is 0.526 bits per heavy atom. The van der Waals surface area contributed by atoms with Gasteiger partial charge in [-0.25, -0.2) is 0 Å². The van der Waals surface area contributed by atoms with Gasteiger partial charge in [0.2, 0.25) is 0 Å². The largest absolute Gasteiger partial charge is 0.309 e. The first-order valence-electron chi connectivity index (χ1n) is 19.7. The molecular formula is C56H37N. The van der Waals surface area contributed by atoms with Crippen molar-refractivity contribution in [2.45, 2.75) is 0 Å². The fraction of sp³-hybridized carbons (Fsp3) is 0. The topological polar surface area (TPSA) is 4.93 Å². The van der Waals surface area contributed by atoms with Gasteiger partial charge in [0.05, 0.1) is 11.0 Å². The molecule has 0 amide bonds. The van der Waals surface area contributed by atoms with Gasteiger partial charge in [0, 0.05) is 16.5 Å². The van der Waals surface area contributed by atoms with E-state index in [1.54, 1.807) is 0 Å². The standard InChI is InChI=1S/C56H37N/c1-3-9-38(10-4-1)41-25-29-52(30-26-41)57-55-36-50(39-11-5-2-6-12-39)27-31-53(55)54-32-28-51(37-56(54)57)43-17-15-42(16-18-43)45-21-22-48-35-49(24-23-47(48)34-45)46-20-19-40-13-7-8-14-44(40)33-46/h1-37H. The van der Waals surface area contributed by atoms with E-state index in [9.17, 15) is 0 Å². The van der Waals surface area contributed by atoms with Gasteiger partial charge in [0.1, 0.15) is 0 Å². The molecule has 0 aliphatic carbocycles. The molecule has 0 saturated heterocycles. The zero-order valence-electron chi connectivity index (χ0n) is 31.3. The lowest BCUT2D eigenvalue weighted by Crippen LogP contribution is -1.94. The van der Waals surface area contributed by atoms with E-state index in [0.717, 1.165) is 5.69 Å². The summed E-state index contributed by atoms with van der Waals surface area (Å²) in [6.45, 7) is 0. The molecule has 0 unspecified atom stereocenters. The van der Waals surface area contributed by atoms with Crippen molar-refractivity contribution in [1.82, 2.24) is 4.57 Å². The second-order valence-corrected chi connectivity index (χ2v) is 15.0. The molecule has 1 aromatic heterocycles. The van der Waals surface area contributed by atoms with Gasteiger partial charge in [-0.2, -0.15) is 0 Å². The normalized spacial score (nSPS) is 11.5. The molecule has 1 nitrogen and oxygen atoms in total. The molecule has 1 heterocycles. The summed E-state index contributed by atoms with van der Waals surface area (Å²) in [5, 5.41) is 7.52. The molecule has 0 aliphatic heterocycles. The number of hydrogen-bond donors (Lipinski definition) is 0. The predicted octanol–water partition coefficient (Wildman–Crippen LogP) is 15.4. The van der Waals surface area contributed by atoms with Crippen molar-refractivity contribution in [3.63, 3.8) is 0 Å². The molecule has 0 N–H and O–H groups in total. The first-order valence-corrected chi connectivity index (χ1v) is 19.7. The van der Waals surface area contributed by atoms with Crippen molar-refractivity contribution < 1.29 is 0 Å². The quantitative estimate of drug-likeness (QED) is 0.161. The summed E-state index contributed by atoms with van der Waals surface area (Å²) >= 11 is 0. The summed E-state index contributed by atoms with van der Waals surface area (Å²) in [5.41, 5.74) is 15.7. The Kier molecular flexibility index (Phi) is 7.89. The van der Waals surface area contributed by atoms with E-state index in [2.05, 4.69) is 229 Å². The number of nitrogens with zero attached hydrogens (tertiary/aromatic N) is 1. The van der Waals surface area contributed by atoms with Crippen LogP contribution in [0.25, 0.3) is 105 Å². The third kappa shape index (κ3) is 5.98. The van der Waals surface area contributed by atoms with Crippen molar-refractivity contribution >= 4 is 43.4 Å². The molecule has 11 rings (SSSR count). The lowest BCUT2D eigenvalue weighted by atomic mass is 9.95. The Balaban J connectivity index is 0.951. The molecular weight excluding hydrogens is 687 g/mol. The third-order valence-corrected chi connectivity index (χ3v) is 11.6. The van der Waals surface area contributed by atoms with Crippen LogP contribution in [0.15, 0.2) is 224 Å². The Hall–Kier alpha value is -7.48. The van der Waals surface area contributed by atoms with Crippen LogP contribution in [0.3, 0.4) is 0 Å². The minimum Gasteiger partial charge on any atom is -0.309 e. The molecule has 0 spiro atoms. The molecule has 266 valence electrons. The summed E-state index contributed by atoms with van der Waals surface area (Å²) in [7, 11) is 0. The van der Waals surface area contributed by atoms with Crippen molar-refractivity contribution in [3.8, 4) is 61.3 Å². The minimum atomic E-state index is 1.15. The van der Waals surface area contributed by atoms with Crippen LogP contribution >= 0.6 is 0 Å². The van der Waals surface area contributed by atoms with Crippen LogP contribution in [0.2, 0.25) is 0 Å². The molecule has 1 heteroatoms. The van der Waals surface area contributed by atoms with Gasteiger partial charge in [-0.1, -0.05) is 182 Å². The molecule has 11 aromatic rings. The third-order valence-electron chi connectivity index (χ3n) is 11.6. The van der Waals surface area contributed by atoms with E-state index >= 15 is 0 Å². The monoisotopic (exact) mass is 723 g/mol. The van der Waals surface area contributed by atoms with E-state index in [1.165, 1.54) is 99.0 Å². The van der Waals surface area contributed by atoms with Crippen LogP contribution < -0.4 is 0 Å². The van der Waals surface area contributed by atoms with Gasteiger partial charge >= 0.3 is 0 Å². The summed E-state index contributed by atoms with van der Waals surface area (Å²) in [6.07, 6.45) is 0. The van der Waals surface area contributed by atoms with Gasteiger partial charge in [0.25, 0.3) is 0 Å². The molecule has 0 saturated carbocycles.